The van der Waals surface area contributed by atoms with Crippen molar-refractivity contribution in [2.24, 2.45) is 0 Å². The lowest BCUT2D eigenvalue weighted by Crippen LogP contribution is -1.91. The maximum absolute atomic E-state index is 10.8. The van der Waals surface area contributed by atoms with Crippen molar-refractivity contribution in [2.75, 3.05) is 14.2 Å². The highest BCUT2D eigenvalue weighted by molar-refractivity contribution is 5.94. The van der Waals surface area contributed by atoms with Gasteiger partial charge in [0.15, 0.2) is 5.78 Å². The van der Waals surface area contributed by atoms with Crippen LogP contribution in [0.3, 0.4) is 0 Å². The number of methoxy groups -OCH3 is 1. The molecular weight excluding hydrogens is 180 g/mol. The fourth-order valence-corrected chi connectivity index (χ4v) is 0.796. The van der Waals surface area contributed by atoms with Gasteiger partial charge in [0.25, 0.3) is 0 Å². The Hall–Kier alpha value is -1.48. The van der Waals surface area contributed by atoms with Gasteiger partial charge in [0.05, 0.1) is 0 Å². The average Bonchev–Trinajstić information content (AvgIpc) is 2.19. The molecule has 1 aromatic rings. The summed E-state index contributed by atoms with van der Waals surface area (Å²) in [5.41, 5.74) is 1.23. The topological polar surface area (TPSA) is 43.4 Å². The van der Waals surface area contributed by atoms with Crippen LogP contribution in [-0.4, -0.2) is 26.3 Å². The van der Waals surface area contributed by atoms with E-state index in [0.717, 1.165) is 6.29 Å². The van der Waals surface area contributed by atoms with Gasteiger partial charge in [0.2, 0.25) is 0 Å². The Labute approximate surface area is 83.7 Å². The van der Waals surface area contributed by atoms with Gasteiger partial charge in [-0.05, 0) is 6.92 Å². The van der Waals surface area contributed by atoms with Gasteiger partial charge in [-0.1, -0.05) is 24.3 Å². The molecule has 0 bridgehead atoms. The first-order valence-electron chi connectivity index (χ1n) is 4.12. The molecule has 0 spiro atoms. The maximum Gasteiger partial charge on any atom is 0.159 e. The normalized spacial score (nSPS) is 8.50. The molecule has 1 aromatic carbocycles. The number of ether oxygens (including phenoxy) is 1. The molecule has 0 saturated heterocycles. The van der Waals surface area contributed by atoms with E-state index < -0.39 is 0 Å². The molecule has 14 heavy (non-hydrogen) atoms. The summed E-state index contributed by atoms with van der Waals surface area (Å²) in [6.45, 7) is 1.50. The fraction of sp³-hybridized carbons (Fsp3) is 0.273. The lowest BCUT2D eigenvalue weighted by atomic mass is 10.1. The first kappa shape index (κ1) is 12.5. The van der Waals surface area contributed by atoms with Gasteiger partial charge >= 0.3 is 0 Å². The molecule has 0 atom stereocenters. The van der Waals surface area contributed by atoms with E-state index in [2.05, 4.69) is 4.74 Å². The van der Waals surface area contributed by atoms with Crippen LogP contribution in [0.1, 0.15) is 27.6 Å². The summed E-state index contributed by atoms with van der Waals surface area (Å²) in [5.74, 6) is 0.0162. The summed E-state index contributed by atoms with van der Waals surface area (Å²) >= 11 is 0. The zero-order valence-electron chi connectivity index (χ0n) is 8.61. The minimum atomic E-state index is 0.0162. The van der Waals surface area contributed by atoms with Crippen LogP contribution in [0.2, 0.25) is 0 Å². The van der Waals surface area contributed by atoms with E-state index in [-0.39, 0.29) is 5.78 Å². The van der Waals surface area contributed by atoms with Crippen molar-refractivity contribution >= 4 is 12.1 Å². The molecule has 0 fully saturated rings. The second-order valence-electron chi connectivity index (χ2n) is 2.70. The highest BCUT2D eigenvalue weighted by Crippen LogP contribution is 2.02. The maximum atomic E-state index is 10.8. The molecule has 0 heterocycles. The number of rotatable bonds is 2. The molecular formula is C11H14O3. The quantitative estimate of drug-likeness (QED) is 0.534. The van der Waals surface area contributed by atoms with Crippen molar-refractivity contribution in [2.45, 2.75) is 6.92 Å². The van der Waals surface area contributed by atoms with E-state index in [1.165, 1.54) is 6.92 Å². The van der Waals surface area contributed by atoms with Crippen LogP contribution in [0.4, 0.5) is 0 Å². The first-order chi connectivity index (χ1) is 6.65. The van der Waals surface area contributed by atoms with E-state index in [4.69, 9.17) is 0 Å². The van der Waals surface area contributed by atoms with Gasteiger partial charge in [0.1, 0.15) is 6.29 Å². The predicted octanol–water partition coefficient (Wildman–Crippen LogP) is 1.96. The number of Topliss-reactive ketones (excluding diaryl/α,β-unsaturated/α-hetero) is 1. The molecule has 0 saturated carbocycles. The standard InChI is InChI=1S/C9H8O2.C2H6O/c1-7(11)9-4-2-8(6-10)3-5-9;1-3-2/h2-6H,1H3;1-2H3. The van der Waals surface area contributed by atoms with E-state index in [0.29, 0.717) is 11.1 Å². The third-order valence-electron chi connectivity index (χ3n) is 1.45. The van der Waals surface area contributed by atoms with Gasteiger partial charge < -0.3 is 4.74 Å². The number of carbonyl (C=O) groups excluding carboxylic acids is 2. The Kier molecular flexibility index (Phi) is 6.24. The van der Waals surface area contributed by atoms with Crippen molar-refractivity contribution in [3.8, 4) is 0 Å². The number of ketones is 1. The van der Waals surface area contributed by atoms with Gasteiger partial charge in [0, 0.05) is 25.3 Å². The summed E-state index contributed by atoms with van der Waals surface area (Å²) in [4.78, 5) is 21.0. The zero-order chi connectivity index (χ0) is 11.0. The summed E-state index contributed by atoms with van der Waals surface area (Å²) in [6.07, 6.45) is 0.754. The van der Waals surface area contributed by atoms with Gasteiger partial charge in [-0.15, -0.1) is 0 Å². The molecule has 3 nitrogen and oxygen atoms in total. The third kappa shape index (κ3) is 4.52. The molecule has 0 aliphatic heterocycles. The lowest BCUT2D eigenvalue weighted by molar-refractivity contribution is 0.101. The lowest BCUT2D eigenvalue weighted by Gasteiger charge is -1.93. The molecule has 0 N–H and O–H groups in total. The van der Waals surface area contributed by atoms with Gasteiger partial charge in [-0.3, -0.25) is 9.59 Å². The Balaban J connectivity index is 0.000000500. The third-order valence-corrected chi connectivity index (χ3v) is 1.45. The smallest absolute Gasteiger partial charge is 0.159 e. The molecule has 3 heteroatoms. The SMILES string of the molecule is CC(=O)c1ccc(C=O)cc1.COC. The van der Waals surface area contributed by atoms with Crippen LogP contribution < -0.4 is 0 Å². The number of carbonyl (C=O) groups is 2. The molecule has 0 aromatic heterocycles. The summed E-state index contributed by atoms with van der Waals surface area (Å²) < 4.78 is 4.25. The first-order valence-corrected chi connectivity index (χ1v) is 4.12. The molecule has 1 rings (SSSR count). The molecule has 0 radical (unpaired) electrons. The molecule has 0 aliphatic carbocycles. The van der Waals surface area contributed by atoms with Crippen molar-refractivity contribution in [1.29, 1.82) is 0 Å². The number of aldehydes is 1. The van der Waals surface area contributed by atoms with Crippen molar-refractivity contribution in [3.05, 3.63) is 35.4 Å². The van der Waals surface area contributed by atoms with Crippen LogP contribution in [0.25, 0.3) is 0 Å². The van der Waals surface area contributed by atoms with Crippen LogP contribution >= 0.6 is 0 Å². The second-order valence-corrected chi connectivity index (χ2v) is 2.70. The second kappa shape index (κ2) is 6.97. The summed E-state index contributed by atoms with van der Waals surface area (Å²) in [6, 6.07) is 6.55. The number of benzene rings is 1. The summed E-state index contributed by atoms with van der Waals surface area (Å²) in [5, 5.41) is 0. The van der Waals surface area contributed by atoms with Crippen molar-refractivity contribution < 1.29 is 14.3 Å². The minimum absolute atomic E-state index is 0.0162. The molecule has 0 aliphatic rings. The van der Waals surface area contributed by atoms with Crippen LogP contribution in [0.15, 0.2) is 24.3 Å². The minimum Gasteiger partial charge on any atom is -0.388 e. The summed E-state index contributed by atoms with van der Waals surface area (Å²) in [7, 11) is 3.25. The predicted molar refractivity (Wildman–Crippen MR) is 54.8 cm³/mol. The molecule has 0 amide bonds. The van der Waals surface area contributed by atoms with Crippen molar-refractivity contribution in [1.82, 2.24) is 0 Å². The zero-order valence-corrected chi connectivity index (χ0v) is 8.61. The van der Waals surface area contributed by atoms with E-state index in [1.807, 2.05) is 0 Å². The molecule has 76 valence electrons. The Morgan fingerprint density at radius 1 is 1.21 bits per heavy atom. The van der Waals surface area contributed by atoms with Crippen molar-refractivity contribution in [3.63, 3.8) is 0 Å². The number of hydrogen-bond acceptors (Lipinski definition) is 3. The van der Waals surface area contributed by atoms with E-state index >= 15 is 0 Å². The fourth-order valence-electron chi connectivity index (χ4n) is 0.796. The van der Waals surface area contributed by atoms with Gasteiger partial charge in [-0.25, -0.2) is 0 Å². The van der Waals surface area contributed by atoms with E-state index in [1.54, 1.807) is 38.5 Å². The average molecular weight is 194 g/mol. The van der Waals surface area contributed by atoms with E-state index in [9.17, 15) is 9.59 Å². The highest BCUT2D eigenvalue weighted by atomic mass is 16.4. The highest BCUT2D eigenvalue weighted by Gasteiger charge is 1.96. The van der Waals surface area contributed by atoms with Crippen LogP contribution in [-0.2, 0) is 4.74 Å². The largest absolute Gasteiger partial charge is 0.388 e. The molecule has 0 unspecified atom stereocenters. The van der Waals surface area contributed by atoms with Crippen LogP contribution in [0, 0.1) is 0 Å². The number of hydrogen-bond donors (Lipinski definition) is 0. The Bertz CT molecular complexity index is 288. The Morgan fingerprint density at radius 2 is 1.64 bits per heavy atom. The monoisotopic (exact) mass is 194 g/mol. The van der Waals surface area contributed by atoms with Gasteiger partial charge in [-0.2, -0.15) is 0 Å². The Morgan fingerprint density at radius 3 is 1.93 bits per heavy atom. The van der Waals surface area contributed by atoms with Crippen LogP contribution in [0.5, 0.6) is 0 Å².